The molecular formula is C35H34N4O6. The summed E-state index contributed by atoms with van der Waals surface area (Å²) in [5.74, 6) is -0.410. The number of aliphatic hydroxyl groups excluding tert-OH is 1. The van der Waals surface area contributed by atoms with Gasteiger partial charge in [0, 0.05) is 40.8 Å². The number of pyridine rings is 1. The molecule has 6 rings (SSSR count). The van der Waals surface area contributed by atoms with Gasteiger partial charge >= 0.3 is 12.2 Å². The van der Waals surface area contributed by atoms with Crippen molar-refractivity contribution in [1.29, 1.82) is 0 Å². The van der Waals surface area contributed by atoms with E-state index in [1.54, 1.807) is 43.6 Å². The number of carbonyl (C=O) groups excluding carboxylic acids is 2. The number of anilines is 1. The van der Waals surface area contributed by atoms with Gasteiger partial charge in [-0.15, -0.1) is 0 Å². The summed E-state index contributed by atoms with van der Waals surface area (Å²) >= 11 is 0. The van der Waals surface area contributed by atoms with E-state index in [1.165, 1.54) is 4.90 Å². The monoisotopic (exact) mass is 606 g/mol. The first-order chi connectivity index (χ1) is 21.8. The third kappa shape index (κ3) is 6.23. The molecule has 0 bridgehead atoms. The second-order valence-corrected chi connectivity index (χ2v) is 11.4. The van der Waals surface area contributed by atoms with Crippen LogP contribution in [0.25, 0.3) is 11.1 Å². The van der Waals surface area contributed by atoms with Crippen LogP contribution in [0.1, 0.15) is 54.2 Å². The Morgan fingerprint density at radius 2 is 1.60 bits per heavy atom. The molecule has 1 aliphatic heterocycles. The molecule has 10 nitrogen and oxygen atoms in total. The maximum atomic E-state index is 12.9. The fourth-order valence-electron chi connectivity index (χ4n) is 6.36. The van der Waals surface area contributed by atoms with Gasteiger partial charge in [0.25, 0.3) is 0 Å². The minimum atomic E-state index is -1.07. The number of hydrogen-bond acceptors (Lipinski definition) is 6. The number of carboxylic acid groups (broad SMARTS) is 1. The molecule has 2 heterocycles. The quantitative estimate of drug-likeness (QED) is 0.202. The molecule has 1 aromatic heterocycles. The molecule has 230 valence electrons. The van der Waals surface area contributed by atoms with E-state index in [0.29, 0.717) is 30.5 Å². The average molecular weight is 607 g/mol. The molecule has 0 saturated carbocycles. The summed E-state index contributed by atoms with van der Waals surface area (Å²) in [5.41, 5.74) is 5.85. The van der Waals surface area contributed by atoms with Crippen molar-refractivity contribution < 1.29 is 29.3 Å². The van der Waals surface area contributed by atoms with E-state index in [2.05, 4.69) is 15.6 Å². The second kappa shape index (κ2) is 12.8. The summed E-state index contributed by atoms with van der Waals surface area (Å²) in [6.45, 7) is 1.58. The lowest BCUT2D eigenvalue weighted by atomic mass is 10.0. The number of alkyl carbamates (subject to hydrolysis) is 1. The van der Waals surface area contributed by atoms with Crippen molar-refractivity contribution in [2.75, 3.05) is 5.32 Å². The molecule has 4 N–H and O–H groups in total. The second-order valence-electron chi connectivity index (χ2n) is 11.4. The number of ether oxygens (including phenoxy) is 1. The first kappa shape index (κ1) is 29.8. The smallest absolute Gasteiger partial charge is 0.408 e. The Hall–Kier alpha value is -5.22. The average Bonchev–Trinajstić information content (AvgIpc) is 3.61. The van der Waals surface area contributed by atoms with Gasteiger partial charge in [0.1, 0.15) is 12.1 Å². The van der Waals surface area contributed by atoms with E-state index < -0.39 is 42.4 Å². The van der Waals surface area contributed by atoms with Gasteiger partial charge in [-0.2, -0.15) is 0 Å². The van der Waals surface area contributed by atoms with Crippen molar-refractivity contribution in [2.24, 2.45) is 0 Å². The molecule has 0 spiro atoms. The highest BCUT2D eigenvalue weighted by molar-refractivity contribution is 5.96. The van der Waals surface area contributed by atoms with Gasteiger partial charge in [-0.1, -0.05) is 66.7 Å². The summed E-state index contributed by atoms with van der Waals surface area (Å²) in [6, 6.07) is 24.5. The van der Waals surface area contributed by atoms with Crippen molar-refractivity contribution >= 4 is 23.8 Å². The first-order valence-corrected chi connectivity index (χ1v) is 14.9. The van der Waals surface area contributed by atoms with Crippen LogP contribution in [0.3, 0.4) is 0 Å². The number of rotatable bonds is 8. The van der Waals surface area contributed by atoms with E-state index in [1.807, 2.05) is 60.7 Å². The zero-order valence-corrected chi connectivity index (χ0v) is 24.7. The molecule has 1 fully saturated rings. The SMILES string of the molecule is C[C@H](NC(=O)OC1c2ccccc2-c2ccccc21)C(=O)Nc1ccc(C[C@@H]2CC[C@H](C(O)c3cccnc3)N2C(=O)O)cc1. The summed E-state index contributed by atoms with van der Waals surface area (Å²) in [5, 5.41) is 26.3. The maximum absolute atomic E-state index is 12.9. The van der Waals surface area contributed by atoms with Crippen LogP contribution in [0.2, 0.25) is 0 Å². The fraction of sp³-hybridized carbons (Fsp3) is 0.257. The standard InChI is InChI=1S/C35H34N4O6/c1-21(37-34(42)45-32-28-10-4-2-8-26(28)27-9-3-5-11-29(27)32)33(41)38-24-14-12-22(13-15-24)19-25-16-17-30(39(25)35(43)44)31(40)23-7-6-18-36-20-23/h2-15,18,20-21,25,30-32,40H,16-17,19H2,1H3,(H,37,42)(H,38,41)(H,43,44)/t21-,25-,30+,31?/m0/s1. The lowest BCUT2D eigenvalue weighted by molar-refractivity contribution is -0.117. The number of likely N-dealkylation sites (tertiary alicyclic amines) is 1. The van der Waals surface area contributed by atoms with Crippen LogP contribution in [0, 0.1) is 0 Å². The van der Waals surface area contributed by atoms with Crippen LogP contribution in [0.5, 0.6) is 0 Å². The topological polar surface area (TPSA) is 141 Å². The van der Waals surface area contributed by atoms with Crippen molar-refractivity contribution in [2.45, 2.75) is 56.5 Å². The van der Waals surface area contributed by atoms with E-state index in [-0.39, 0.29) is 6.04 Å². The molecule has 3 aromatic carbocycles. The third-order valence-electron chi connectivity index (χ3n) is 8.58. The van der Waals surface area contributed by atoms with Crippen molar-refractivity contribution in [3.8, 4) is 11.1 Å². The number of aliphatic hydroxyl groups is 1. The van der Waals surface area contributed by atoms with Crippen molar-refractivity contribution in [1.82, 2.24) is 15.2 Å². The van der Waals surface area contributed by atoms with Gasteiger partial charge < -0.3 is 25.6 Å². The normalized spacial score (nSPS) is 18.4. The predicted molar refractivity (Wildman–Crippen MR) is 167 cm³/mol. The number of nitrogens with one attached hydrogen (secondary N) is 2. The molecule has 1 aliphatic carbocycles. The van der Waals surface area contributed by atoms with Gasteiger partial charge in [-0.25, -0.2) is 9.59 Å². The zero-order chi connectivity index (χ0) is 31.5. The zero-order valence-electron chi connectivity index (χ0n) is 24.7. The summed E-state index contributed by atoms with van der Waals surface area (Å²) in [4.78, 5) is 43.3. The number of nitrogens with zero attached hydrogens (tertiary/aromatic N) is 2. The summed E-state index contributed by atoms with van der Waals surface area (Å²) < 4.78 is 5.79. The minimum Gasteiger partial charge on any atom is -0.465 e. The third-order valence-corrected chi connectivity index (χ3v) is 8.58. The molecule has 1 unspecified atom stereocenters. The lowest BCUT2D eigenvalue weighted by Crippen LogP contribution is -2.44. The lowest BCUT2D eigenvalue weighted by Gasteiger charge is -2.30. The maximum Gasteiger partial charge on any atom is 0.408 e. The number of benzene rings is 3. The van der Waals surface area contributed by atoms with Crippen LogP contribution < -0.4 is 10.6 Å². The van der Waals surface area contributed by atoms with Gasteiger partial charge in [0.15, 0.2) is 6.10 Å². The van der Waals surface area contributed by atoms with Crippen LogP contribution in [0.15, 0.2) is 97.3 Å². The largest absolute Gasteiger partial charge is 0.465 e. The van der Waals surface area contributed by atoms with Crippen LogP contribution in [0.4, 0.5) is 15.3 Å². The number of aromatic nitrogens is 1. The summed E-state index contributed by atoms with van der Waals surface area (Å²) in [6.07, 6.45) is 1.48. The van der Waals surface area contributed by atoms with Gasteiger partial charge in [-0.05, 0) is 61.1 Å². The van der Waals surface area contributed by atoms with Gasteiger partial charge in [-0.3, -0.25) is 14.7 Å². The Morgan fingerprint density at radius 3 is 2.22 bits per heavy atom. The molecular weight excluding hydrogens is 572 g/mol. The van der Waals surface area contributed by atoms with Crippen molar-refractivity contribution in [3.63, 3.8) is 0 Å². The molecule has 10 heteroatoms. The highest BCUT2D eigenvalue weighted by Crippen LogP contribution is 2.45. The molecule has 4 atom stereocenters. The number of fused-ring (bicyclic) bond motifs is 3. The molecule has 4 aromatic rings. The number of hydrogen-bond donors (Lipinski definition) is 4. The van der Waals surface area contributed by atoms with Crippen LogP contribution in [-0.4, -0.2) is 56.3 Å². The predicted octanol–water partition coefficient (Wildman–Crippen LogP) is 5.69. The van der Waals surface area contributed by atoms with Crippen LogP contribution in [-0.2, 0) is 16.0 Å². The number of amides is 3. The first-order valence-electron chi connectivity index (χ1n) is 14.9. The van der Waals surface area contributed by atoms with Crippen LogP contribution >= 0.6 is 0 Å². The number of carbonyl (C=O) groups is 3. The molecule has 45 heavy (non-hydrogen) atoms. The Labute approximate surface area is 260 Å². The fourth-order valence-corrected chi connectivity index (χ4v) is 6.36. The minimum absolute atomic E-state index is 0.298. The molecule has 3 amide bonds. The highest BCUT2D eigenvalue weighted by atomic mass is 16.6. The van der Waals surface area contributed by atoms with E-state index in [4.69, 9.17) is 4.74 Å². The van der Waals surface area contributed by atoms with E-state index >= 15 is 0 Å². The van der Waals surface area contributed by atoms with Crippen molar-refractivity contribution in [3.05, 3.63) is 120 Å². The molecule has 0 radical (unpaired) electrons. The Balaban J connectivity index is 1.03. The molecule has 2 aliphatic rings. The summed E-state index contributed by atoms with van der Waals surface area (Å²) in [7, 11) is 0. The van der Waals surface area contributed by atoms with Gasteiger partial charge in [0.2, 0.25) is 5.91 Å². The highest BCUT2D eigenvalue weighted by Gasteiger charge is 2.41. The Morgan fingerprint density at radius 1 is 0.933 bits per heavy atom. The molecule has 1 saturated heterocycles. The van der Waals surface area contributed by atoms with Gasteiger partial charge in [0.05, 0.1) is 6.04 Å². The Bertz CT molecular complexity index is 1650. The van der Waals surface area contributed by atoms with E-state index in [0.717, 1.165) is 27.8 Å². The van der Waals surface area contributed by atoms with E-state index in [9.17, 15) is 24.6 Å². The Kier molecular flexibility index (Phi) is 8.48.